The Morgan fingerprint density at radius 3 is 2.90 bits per heavy atom. The SMILES string of the molecule is N=C/C(=C\NCC(O)CO)c1ccc2cnc(Cl)cc2c1. The Morgan fingerprint density at radius 2 is 2.19 bits per heavy atom. The van der Waals surface area contributed by atoms with Crippen LogP contribution in [0.25, 0.3) is 16.3 Å². The van der Waals surface area contributed by atoms with Crippen LogP contribution in [0.5, 0.6) is 0 Å². The number of fused-ring (bicyclic) bond motifs is 1. The van der Waals surface area contributed by atoms with Gasteiger partial charge in [-0.15, -0.1) is 0 Å². The molecule has 1 atom stereocenters. The second-order valence-corrected chi connectivity index (χ2v) is 4.94. The van der Waals surface area contributed by atoms with E-state index < -0.39 is 6.10 Å². The number of halogens is 1. The quantitative estimate of drug-likeness (QED) is 0.484. The lowest BCUT2D eigenvalue weighted by atomic mass is 10.0. The normalized spacial score (nSPS) is 13.2. The molecule has 110 valence electrons. The molecule has 1 aromatic heterocycles. The van der Waals surface area contributed by atoms with Crippen LogP contribution in [0.2, 0.25) is 5.15 Å². The van der Waals surface area contributed by atoms with E-state index in [4.69, 9.17) is 22.1 Å². The predicted octanol–water partition coefficient (Wildman–Crippen LogP) is 1.82. The van der Waals surface area contributed by atoms with Gasteiger partial charge in [0.25, 0.3) is 0 Å². The first-order valence-corrected chi connectivity index (χ1v) is 6.80. The summed E-state index contributed by atoms with van der Waals surface area (Å²) in [6.45, 7) is -0.0839. The third-order valence-electron chi connectivity index (χ3n) is 3.00. The average molecular weight is 306 g/mol. The topological polar surface area (TPSA) is 89.2 Å². The molecule has 2 rings (SSSR count). The second-order valence-electron chi connectivity index (χ2n) is 4.56. The first-order chi connectivity index (χ1) is 10.1. The Balaban J connectivity index is 2.25. The van der Waals surface area contributed by atoms with Gasteiger partial charge in [0.2, 0.25) is 0 Å². The van der Waals surface area contributed by atoms with Gasteiger partial charge >= 0.3 is 0 Å². The van der Waals surface area contributed by atoms with Crippen LogP contribution in [0.1, 0.15) is 5.56 Å². The molecule has 0 bridgehead atoms. The number of nitrogens with zero attached hydrogens (tertiary/aromatic N) is 1. The first-order valence-electron chi connectivity index (χ1n) is 6.42. The molecule has 2 aromatic rings. The molecule has 0 saturated heterocycles. The summed E-state index contributed by atoms with van der Waals surface area (Å²) in [5.74, 6) is 0. The minimum absolute atomic E-state index is 0.219. The Morgan fingerprint density at radius 1 is 1.38 bits per heavy atom. The Bertz CT molecular complexity index is 673. The van der Waals surface area contributed by atoms with Crippen molar-refractivity contribution in [2.75, 3.05) is 13.2 Å². The molecule has 5 nitrogen and oxygen atoms in total. The molecule has 21 heavy (non-hydrogen) atoms. The van der Waals surface area contributed by atoms with E-state index in [1.54, 1.807) is 18.5 Å². The van der Waals surface area contributed by atoms with Gasteiger partial charge in [-0.3, -0.25) is 0 Å². The van der Waals surface area contributed by atoms with E-state index in [0.717, 1.165) is 16.3 Å². The molecular formula is C15H16ClN3O2. The number of aliphatic hydroxyl groups excluding tert-OH is 2. The number of hydrogen-bond acceptors (Lipinski definition) is 5. The largest absolute Gasteiger partial charge is 0.394 e. The number of aliphatic hydroxyl groups is 2. The zero-order valence-electron chi connectivity index (χ0n) is 11.3. The van der Waals surface area contributed by atoms with Crippen molar-refractivity contribution in [3.63, 3.8) is 0 Å². The van der Waals surface area contributed by atoms with E-state index in [2.05, 4.69) is 10.3 Å². The van der Waals surface area contributed by atoms with Crippen LogP contribution in [0, 0.1) is 5.41 Å². The highest BCUT2D eigenvalue weighted by Crippen LogP contribution is 2.21. The maximum absolute atomic E-state index is 9.27. The van der Waals surface area contributed by atoms with Crippen molar-refractivity contribution < 1.29 is 10.2 Å². The fraction of sp³-hybridized carbons (Fsp3) is 0.200. The van der Waals surface area contributed by atoms with Crippen molar-refractivity contribution >= 4 is 34.2 Å². The van der Waals surface area contributed by atoms with Crippen LogP contribution in [0.15, 0.2) is 36.7 Å². The van der Waals surface area contributed by atoms with E-state index in [1.165, 1.54) is 6.21 Å². The van der Waals surface area contributed by atoms with Crippen LogP contribution in [-0.4, -0.2) is 40.7 Å². The molecule has 6 heteroatoms. The lowest BCUT2D eigenvalue weighted by molar-refractivity contribution is 0.0972. The Kier molecular flexibility index (Phi) is 5.27. The zero-order valence-corrected chi connectivity index (χ0v) is 12.0. The molecular weight excluding hydrogens is 290 g/mol. The lowest BCUT2D eigenvalue weighted by Crippen LogP contribution is -2.26. The van der Waals surface area contributed by atoms with Crippen LogP contribution >= 0.6 is 11.6 Å². The second kappa shape index (κ2) is 7.17. The molecule has 1 unspecified atom stereocenters. The summed E-state index contributed by atoms with van der Waals surface area (Å²) in [4.78, 5) is 4.02. The summed E-state index contributed by atoms with van der Waals surface area (Å²) in [5.41, 5.74) is 1.51. The Labute approximate surface area is 127 Å². The van der Waals surface area contributed by atoms with Gasteiger partial charge < -0.3 is 20.9 Å². The van der Waals surface area contributed by atoms with Gasteiger partial charge in [-0.1, -0.05) is 23.7 Å². The van der Waals surface area contributed by atoms with Crippen LogP contribution in [-0.2, 0) is 0 Å². The van der Waals surface area contributed by atoms with Crippen LogP contribution < -0.4 is 5.32 Å². The number of allylic oxidation sites excluding steroid dienone is 1. The van der Waals surface area contributed by atoms with E-state index in [0.29, 0.717) is 10.7 Å². The molecule has 0 aliphatic heterocycles. The third kappa shape index (κ3) is 4.01. The van der Waals surface area contributed by atoms with E-state index >= 15 is 0 Å². The minimum Gasteiger partial charge on any atom is -0.394 e. The minimum atomic E-state index is -0.824. The standard InChI is InChI=1S/C15H16ClN3O2/c16-15-4-12-3-10(1-2-11(12)7-19-15)13(5-17)6-18-8-14(21)9-20/h1-7,14,17-18,20-21H,8-9H2/b13-6+,17-5?. The van der Waals surface area contributed by atoms with Gasteiger partial charge in [-0.25, -0.2) is 4.98 Å². The molecule has 0 amide bonds. The van der Waals surface area contributed by atoms with Crippen molar-refractivity contribution in [3.8, 4) is 0 Å². The van der Waals surface area contributed by atoms with Crippen molar-refractivity contribution in [2.24, 2.45) is 0 Å². The zero-order chi connectivity index (χ0) is 15.2. The van der Waals surface area contributed by atoms with Crippen LogP contribution in [0.4, 0.5) is 0 Å². The molecule has 0 aliphatic carbocycles. The van der Waals surface area contributed by atoms with E-state index in [-0.39, 0.29) is 13.2 Å². The van der Waals surface area contributed by atoms with Crippen molar-refractivity contribution in [2.45, 2.75) is 6.10 Å². The number of hydrogen-bond donors (Lipinski definition) is 4. The molecule has 0 spiro atoms. The molecule has 1 heterocycles. The monoisotopic (exact) mass is 305 g/mol. The fourth-order valence-corrected chi connectivity index (χ4v) is 2.04. The van der Waals surface area contributed by atoms with Gasteiger partial charge in [0, 0.05) is 36.1 Å². The summed E-state index contributed by atoms with van der Waals surface area (Å²) in [7, 11) is 0. The summed E-state index contributed by atoms with van der Waals surface area (Å²) in [6, 6.07) is 7.49. The lowest BCUT2D eigenvalue weighted by Gasteiger charge is -2.09. The number of rotatable bonds is 6. The van der Waals surface area contributed by atoms with Crippen LogP contribution in [0.3, 0.4) is 0 Å². The Hall–Kier alpha value is -1.95. The number of pyridine rings is 1. The summed E-state index contributed by atoms with van der Waals surface area (Å²) in [6.07, 6.45) is 3.73. The van der Waals surface area contributed by atoms with Crippen molar-refractivity contribution in [1.82, 2.24) is 10.3 Å². The smallest absolute Gasteiger partial charge is 0.129 e. The van der Waals surface area contributed by atoms with Gasteiger partial charge in [-0.05, 0) is 23.1 Å². The van der Waals surface area contributed by atoms with E-state index in [9.17, 15) is 5.11 Å². The number of nitrogens with one attached hydrogen (secondary N) is 2. The highest BCUT2D eigenvalue weighted by molar-refractivity contribution is 6.30. The van der Waals surface area contributed by atoms with Crippen molar-refractivity contribution in [3.05, 3.63) is 47.4 Å². The number of benzene rings is 1. The predicted molar refractivity (Wildman–Crippen MR) is 84.6 cm³/mol. The molecule has 0 aliphatic rings. The average Bonchev–Trinajstić information content (AvgIpc) is 2.50. The van der Waals surface area contributed by atoms with Gasteiger partial charge in [0.1, 0.15) is 5.15 Å². The van der Waals surface area contributed by atoms with Crippen molar-refractivity contribution in [1.29, 1.82) is 5.41 Å². The molecule has 0 fully saturated rings. The number of aromatic nitrogens is 1. The summed E-state index contributed by atoms with van der Waals surface area (Å²) < 4.78 is 0. The van der Waals surface area contributed by atoms with E-state index in [1.807, 2.05) is 18.2 Å². The van der Waals surface area contributed by atoms with Gasteiger partial charge in [0.05, 0.1) is 12.7 Å². The highest BCUT2D eigenvalue weighted by Gasteiger charge is 2.03. The fourth-order valence-electron chi connectivity index (χ4n) is 1.87. The molecule has 0 saturated carbocycles. The molecule has 0 radical (unpaired) electrons. The first kappa shape index (κ1) is 15.4. The van der Waals surface area contributed by atoms with Gasteiger partial charge in [-0.2, -0.15) is 0 Å². The third-order valence-corrected chi connectivity index (χ3v) is 3.21. The molecule has 1 aromatic carbocycles. The highest BCUT2D eigenvalue weighted by atomic mass is 35.5. The summed E-state index contributed by atoms with van der Waals surface area (Å²) in [5, 5.41) is 30.7. The molecule has 4 N–H and O–H groups in total. The summed E-state index contributed by atoms with van der Waals surface area (Å²) >= 11 is 5.88. The maximum atomic E-state index is 9.27. The van der Waals surface area contributed by atoms with Gasteiger partial charge in [0.15, 0.2) is 0 Å². The maximum Gasteiger partial charge on any atom is 0.129 e.